The Bertz CT molecular complexity index is 1100. The Morgan fingerprint density at radius 1 is 1.04 bits per heavy atom. The summed E-state index contributed by atoms with van der Waals surface area (Å²) in [5.41, 5.74) is 4.81. The molecule has 0 radical (unpaired) electrons. The van der Waals surface area contributed by atoms with E-state index in [0.717, 1.165) is 22.5 Å². The Kier molecular flexibility index (Phi) is 3.97. The number of fused-ring (bicyclic) bond motifs is 1. The van der Waals surface area contributed by atoms with E-state index in [1.807, 2.05) is 60.1 Å². The van der Waals surface area contributed by atoms with E-state index in [1.54, 1.807) is 0 Å². The lowest BCUT2D eigenvalue weighted by Gasteiger charge is -2.06. The second-order valence-electron chi connectivity index (χ2n) is 6.14. The molecular weight excluding hydrogens is 329 g/mol. The third-order valence-corrected chi connectivity index (χ3v) is 4.12. The van der Waals surface area contributed by atoms with Gasteiger partial charge in [-0.3, -0.25) is 4.79 Å². The monoisotopic (exact) mass is 345 g/mol. The van der Waals surface area contributed by atoms with E-state index in [-0.39, 0.29) is 11.7 Å². The maximum Gasteiger partial charge on any atom is 0.255 e. The number of nitrogens with zero attached hydrogens (tertiary/aromatic N) is 2. The Morgan fingerprint density at radius 3 is 2.65 bits per heavy atom. The Hall–Kier alpha value is -3.47. The van der Waals surface area contributed by atoms with Gasteiger partial charge in [0.2, 0.25) is 0 Å². The Balaban J connectivity index is 1.61. The number of aryl methyl sites for hydroxylation is 1. The first-order chi connectivity index (χ1) is 12.6. The summed E-state index contributed by atoms with van der Waals surface area (Å²) in [6, 6.07) is 16.9. The van der Waals surface area contributed by atoms with Crippen LogP contribution < -0.4 is 5.32 Å². The molecule has 4 rings (SSSR count). The summed E-state index contributed by atoms with van der Waals surface area (Å²) >= 11 is 0. The Labute approximate surface area is 149 Å². The molecule has 2 aromatic carbocycles. The van der Waals surface area contributed by atoms with Crippen LogP contribution in [-0.4, -0.2) is 15.3 Å². The van der Waals surface area contributed by atoms with E-state index >= 15 is 0 Å². The molecule has 4 aromatic rings. The topological polar surface area (TPSA) is 46.4 Å². The van der Waals surface area contributed by atoms with Gasteiger partial charge in [0.1, 0.15) is 11.5 Å². The number of amides is 1. The van der Waals surface area contributed by atoms with Crippen molar-refractivity contribution in [3.8, 4) is 11.3 Å². The van der Waals surface area contributed by atoms with E-state index in [0.29, 0.717) is 11.3 Å². The lowest BCUT2D eigenvalue weighted by atomic mass is 10.1. The number of pyridine rings is 1. The molecule has 2 aromatic heterocycles. The zero-order chi connectivity index (χ0) is 18.1. The van der Waals surface area contributed by atoms with Crippen molar-refractivity contribution in [3.05, 3.63) is 90.0 Å². The summed E-state index contributed by atoms with van der Waals surface area (Å²) < 4.78 is 15.0. The largest absolute Gasteiger partial charge is 0.322 e. The van der Waals surface area contributed by atoms with Crippen LogP contribution >= 0.6 is 0 Å². The number of nitrogens with one attached hydrogen (secondary N) is 1. The van der Waals surface area contributed by atoms with Crippen LogP contribution in [0.15, 0.2) is 73.1 Å². The first kappa shape index (κ1) is 16.0. The quantitative estimate of drug-likeness (QED) is 0.585. The highest BCUT2D eigenvalue weighted by atomic mass is 19.1. The van der Waals surface area contributed by atoms with Gasteiger partial charge in [0.15, 0.2) is 0 Å². The van der Waals surface area contributed by atoms with E-state index < -0.39 is 0 Å². The summed E-state index contributed by atoms with van der Waals surface area (Å²) in [7, 11) is 0. The number of carbonyl (C=O) groups is 1. The van der Waals surface area contributed by atoms with Crippen molar-refractivity contribution in [1.82, 2.24) is 9.38 Å². The molecule has 0 atom stereocenters. The molecule has 0 aliphatic carbocycles. The van der Waals surface area contributed by atoms with Gasteiger partial charge in [0.05, 0.1) is 5.69 Å². The highest BCUT2D eigenvalue weighted by molar-refractivity contribution is 6.04. The van der Waals surface area contributed by atoms with Gasteiger partial charge >= 0.3 is 0 Å². The summed E-state index contributed by atoms with van der Waals surface area (Å²) in [6.07, 6.45) is 3.98. The minimum absolute atomic E-state index is 0.284. The molecule has 26 heavy (non-hydrogen) atoms. The van der Waals surface area contributed by atoms with Crippen molar-refractivity contribution in [2.75, 3.05) is 5.32 Å². The predicted octanol–water partition coefficient (Wildman–Crippen LogP) is 4.70. The molecule has 1 amide bonds. The van der Waals surface area contributed by atoms with Crippen LogP contribution in [-0.2, 0) is 0 Å². The van der Waals surface area contributed by atoms with Gasteiger partial charge in [-0.15, -0.1) is 0 Å². The Morgan fingerprint density at radius 2 is 1.85 bits per heavy atom. The number of aromatic nitrogens is 2. The molecule has 0 saturated carbocycles. The number of hydrogen-bond donors (Lipinski definition) is 1. The van der Waals surface area contributed by atoms with Crippen LogP contribution in [0.3, 0.4) is 0 Å². The van der Waals surface area contributed by atoms with Gasteiger partial charge in [0, 0.05) is 29.2 Å². The van der Waals surface area contributed by atoms with Crippen molar-refractivity contribution in [1.29, 1.82) is 0 Å². The highest BCUT2D eigenvalue weighted by Crippen LogP contribution is 2.23. The molecule has 0 aliphatic rings. The summed E-state index contributed by atoms with van der Waals surface area (Å²) in [4.78, 5) is 16.9. The number of hydrogen-bond acceptors (Lipinski definition) is 2. The average Bonchev–Trinajstić information content (AvgIpc) is 3.05. The lowest BCUT2D eigenvalue weighted by Crippen LogP contribution is -2.11. The van der Waals surface area contributed by atoms with E-state index in [1.165, 1.54) is 24.3 Å². The van der Waals surface area contributed by atoms with Crippen molar-refractivity contribution < 1.29 is 9.18 Å². The summed E-state index contributed by atoms with van der Waals surface area (Å²) in [5, 5.41) is 2.83. The summed E-state index contributed by atoms with van der Waals surface area (Å²) in [5.74, 6) is -0.654. The van der Waals surface area contributed by atoms with Crippen LogP contribution in [0.4, 0.5) is 10.1 Å². The van der Waals surface area contributed by atoms with Crippen LogP contribution in [0, 0.1) is 12.7 Å². The number of rotatable bonds is 3. The lowest BCUT2D eigenvalue weighted by molar-refractivity contribution is 0.102. The molecular formula is C21H16FN3O. The predicted molar refractivity (Wildman–Crippen MR) is 99.7 cm³/mol. The number of benzene rings is 2. The second-order valence-corrected chi connectivity index (χ2v) is 6.14. The molecule has 0 spiro atoms. The van der Waals surface area contributed by atoms with Crippen molar-refractivity contribution in [3.63, 3.8) is 0 Å². The maximum absolute atomic E-state index is 13.0. The number of imidazole rings is 1. The zero-order valence-corrected chi connectivity index (χ0v) is 14.1. The number of carbonyl (C=O) groups excluding carboxylic acids is 1. The molecule has 5 heteroatoms. The third kappa shape index (κ3) is 3.19. The first-order valence-electron chi connectivity index (χ1n) is 8.21. The van der Waals surface area contributed by atoms with Gasteiger partial charge in [-0.1, -0.05) is 18.2 Å². The van der Waals surface area contributed by atoms with Crippen LogP contribution in [0.5, 0.6) is 0 Å². The first-order valence-corrected chi connectivity index (χ1v) is 8.21. The molecule has 128 valence electrons. The fourth-order valence-corrected chi connectivity index (χ4v) is 2.80. The van der Waals surface area contributed by atoms with Gasteiger partial charge in [-0.2, -0.15) is 0 Å². The standard InChI is InChI=1S/C21H16FN3O/c1-14-5-10-20-24-19(13-25(20)12-14)16-3-2-4-18(11-16)23-21(26)15-6-8-17(22)9-7-15/h2-13H,1H3,(H,23,26). The molecule has 0 bridgehead atoms. The fraction of sp³-hybridized carbons (Fsp3) is 0.0476. The van der Waals surface area contributed by atoms with Crippen molar-refractivity contribution in [2.24, 2.45) is 0 Å². The summed E-state index contributed by atoms with van der Waals surface area (Å²) in [6.45, 7) is 2.03. The number of halogens is 1. The molecule has 4 nitrogen and oxygen atoms in total. The van der Waals surface area contributed by atoms with Gasteiger partial charge in [0.25, 0.3) is 5.91 Å². The van der Waals surface area contributed by atoms with Gasteiger partial charge in [-0.25, -0.2) is 9.37 Å². The minimum Gasteiger partial charge on any atom is -0.322 e. The minimum atomic E-state index is -0.370. The number of anilines is 1. The fourth-order valence-electron chi connectivity index (χ4n) is 2.80. The third-order valence-electron chi connectivity index (χ3n) is 4.12. The maximum atomic E-state index is 13.0. The smallest absolute Gasteiger partial charge is 0.255 e. The van der Waals surface area contributed by atoms with E-state index in [9.17, 15) is 9.18 Å². The average molecular weight is 345 g/mol. The van der Waals surface area contributed by atoms with Crippen LogP contribution in [0.25, 0.3) is 16.9 Å². The molecule has 1 N–H and O–H groups in total. The molecule has 0 unspecified atom stereocenters. The van der Waals surface area contributed by atoms with E-state index in [2.05, 4.69) is 10.3 Å². The highest BCUT2D eigenvalue weighted by Gasteiger charge is 2.09. The molecule has 0 aliphatic heterocycles. The molecule has 0 fully saturated rings. The normalized spacial score (nSPS) is 10.8. The van der Waals surface area contributed by atoms with Crippen molar-refractivity contribution in [2.45, 2.75) is 6.92 Å². The molecule has 2 heterocycles. The van der Waals surface area contributed by atoms with Gasteiger partial charge in [-0.05, 0) is 55.0 Å². The zero-order valence-electron chi connectivity index (χ0n) is 14.1. The second kappa shape index (κ2) is 6.44. The van der Waals surface area contributed by atoms with E-state index in [4.69, 9.17) is 0 Å². The SMILES string of the molecule is Cc1ccc2nc(-c3cccc(NC(=O)c4ccc(F)cc4)c3)cn2c1. The van der Waals surface area contributed by atoms with Crippen LogP contribution in [0.2, 0.25) is 0 Å². The van der Waals surface area contributed by atoms with Crippen LogP contribution in [0.1, 0.15) is 15.9 Å². The molecule has 0 saturated heterocycles. The van der Waals surface area contributed by atoms with Gasteiger partial charge < -0.3 is 9.72 Å². The van der Waals surface area contributed by atoms with Crippen molar-refractivity contribution >= 4 is 17.2 Å².